The fourth-order valence-corrected chi connectivity index (χ4v) is 0.893. The predicted molar refractivity (Wildman–Crippen MR) is 40.4 cm³/mol. The molecule has 0 aromatic heterocycles. The van der Waals surface area contributed by atoms with Crippen molar-refractivity contribution in [3.05, 3.63) is 42.0 Å². The second kappa shape index (κ2) is 4.31. The molecule has 0 saturated carbocycles. The van der Waals surface area contributed by atoms with Gasteiger partial charge in [-0.1, -0.05) is 0 Å². The molecule has 0 atom stereocenters. The van der Waals surface area contributed by atoms with Gasteiger partial charge in [0.1, 0.15) is 0 Å². The van der Waals surface area contributed by atoms with E-state index < -0.39 is 0 Å². The first kappa shape index (κ1) is 7.57. The van der Waals surface area contributed by atoms with Gasteiger partial charge in [0.25, 0.3) is 0 Å². The molecule has 0 spiro atoms. The van der Waals surface area contributed by atoms with Gasteiger partial charge < -0.3 is 0 Å². The van der Waals surface area contributed by atoms with Gasteiger partial charge in [-0.25, -0.2) is 0 Å². The van der Waals surface area contributed by atoms with Crippen molar-refractivity contribution >= 4 is 10.6 Å². The third-order valence-corrected chi connectivity index (χ3v) is 1.57. The van der Waals surface area contributed by atoms with Crippen molar-refractivity contribution < 1.29 is 18.1 Å². The summed E-state index contributed by atoms with van der Waals surface area (Å²) in [4.78, 5) is 0. The fourth-order valence-electron chi connectivity index (χ4n) is 0.649. The number of benzene rings is 1. The predicted octanol–water partition coefficient (Wildman–Crippen LogP) is 1.85. The Morgan fingerprint density at radius 1 is 1.40 bits per heavy atom. The van der Waals surface area contributed by atoms with Crippen molar-refractivity contribution in [3.8, 4) is 0 Å². The molecule has 0 N–H and O–H groups in total. The molecule has 0 bridgehead atoms. The number of rotatable bonds is 2. The van der Waals surface area contributed by atoms with Crippen LogP contribution in [-0.4, -0.2) is 4.57 Å². The second-order valence-electron chi connectivity index (χ2n) is 1.79. The molecule has 0 radical (unpaired) electrons. The SMILES string of the molecule is [Os]=[CH]/C=C\c1[c-]cccc1. The molecule has 0 heterocycles. The molecule has 10 heavy (non-hydrogen) atoms. The zero-order valence-electron chi connectivity index (χ0n) is 5.40. The van der Waals surface area contributed by atoms with Crippen molar-refractivity contribution in [1.29, 1.82) is 0 Å². The summed E-state index contributed by atoms with van der Waals surface area (Å²) in [5, 5.41) is 0. The van der Waals surface area contributed by atoms with E-state index in [-0.39, 0.29) is 0 Å². The van der Waals surface area contributed by atoms with E-state index >= 15 is 0 Å². The maximum absolute atomic E-state index is 3.10. The first-order valence-electron chi connectivity index (χ1n) is 2.99. The van der Waals surface area contributed by atoms with E-state index in [0.29, 0.717) is 0 Å². The van der Waals surface area contributed by atoms with Crippen molar-refractivity contribution in [1.82, 2.24) is 0 Å². The minimum atomic E-state index is 1.13. The third kappa shape index (κ3) is 2.37. The van der Waals surface area contributed by atoms with Crippen LogP contribution in [0.5, 0.6) is 0 Å². The standard InChI is InChI=1S/C9H7.Os/c1-2-6-9-7-4-3-5-8-9;/h1-7H;/q-1;/b6-2-;. The van der Waals surface area contributed by atoms with Gasteiger partial charge in [0, 0.05) is 0 Å². The monoisotopic (exact) mass is 307 g/mol. The van der Waals surface area contributed by atoms with Crippen molar-refractivity contribution in [2.45, 2.75) is 0 Å². The van der Waals surface area contributed by atoms with E-state index in [1.165, 1.54) is 0 Å². The van der Waals surface area contributed by atoms with Crippen LogP contribution >= 0.6 is 0 Å². The average Bonchev–Trinajstić information content (AvgIpc) is 2.03. The summed E-state index contributed by atoms with van der Waals surface area (Å²) in [6, 6.07) is 11.0. The molecule has 1 aromatic rings. The summed E-state index contributed by atoms with van der Waals surface area (Å²) in [5.74, 6) is 0. The number of hydrogen-bond donors (Lipinski definition) is 0. The molecule has 0 aliphatic rings. The van der Waals surface area contributed by atoms with Crippen molar-refractivity contribution in [3.63, 3.8) is 0 Å². The van der Waals surface area contributed by atoms with Crippen LogP contribution in [0, 0.1) is 6.07 Å². The van der Waals surface area contributed by atoms with Crippen LogP contribution in [0.4, 0.5) is 0 Å². The Hall–Kier alpha value is -0.534. The molecule has 1 heteroatoms. The zero-order valence-corrected chi connectivity index (χ0v) is 7.94. The summed E-state index contributed by atoms with van der Waals surface area (Å²) in [6.07, 6.45) is 4.05. The molecule has 52 valence electrons. The van der Waals surface area contributed by atoms with E-state index in [1.54, 1.807) is 0 Å². The van der Waals surface area contributed by atoms with Gasteiger partial charge in [-0.2, -0.15) is 0 Å². The number of allylic oxidation sites excluding steroid dienone is 1. The first-order valence-corrected chi connectivity index (χ1v) is 4.45. The van der Waals surface area contributed by atoms with Crippen LogP contribution < -0.4 is 0 Å². The van der Waals surface area contributed by atoms with Gasteiger partial charge in [-0.05, 0) is 0 Å². The van der Waals surface area contributed by atoms with Crippen LogP contribution in [0.25, 0.3) is 6.08 Å². The Morgan fingerprint density at radius 2 is 2.30 bits per heavy atom. The molecular formula is C9H7Os-. The molecule has 0 fully saturated rings. The van der Waals surface area contributed by atoms with E-state index in [9.17, 15) is 0 Å². The summed E-state index contributed by atoms with van der Waals surface area (Å²) < 4.78 is 2.03. The Kier molecular flexibility index (Phi) is 3.26. The maximum atomic E-state index is 3.10. The normalized spacial score (nSPS) is 10.1. The zero-order chi connectivity index (χ0) is 7.23. The molecule has 1 rings (SSSR count). The summed E-state index contributed by atoms with van der Waals surface area (Å²) in [7, 11) is 0. The molecule has 0 nitrogen and oxygen atoms in total. The van der Waals surface area contributed by atoms with Crippen molar-refractivity contribution in [2.24, 2.45) is 0 Å². The van der Waals surface area contributed by atoms with Gasteiger partial charge in [0.2, 0.25) is 0 Å². The van der Waals surface area contributed by atoms with Gasteiger partial charge in [0.15, 0.2) is 0 Å². The Balaban J connectivity index is 2.76. The quantitative estimate of drug-likeness (QED) is 0.732. The Bertz CT molecular complexity index is 224. The summed E-state index contributed by atoms with van der Waals surface area (Å²) in [6.45, 7) is 0. The fraction of sp³-hybridized carbons (Fsp3) is 0. The Labute approximate surface area is 71.0 Å². The molecule has 1 aromatic carbocycles. The first-order chi connectivity index (χ1) is 4.93. The second-order valence-corrected chi connectivity index (χ2v) is 2.64. The van der Waals surface area contributed by atoms with Crippen LogP contribution in [0.3, 0.4) is 0 Å². The minimum absolute atomic E-state index is 1.13. The average molecular weight is 305 g/mol. The number of hydrogen-bond acceptors (Lipinski definition) is 0. The molecule has 0 aliphatic carbocycles. The molecule has 0 amide bonds. The van der Waals surface area contributed by atoms with E-state index in [1.807, 2.05) is 59.1 Å². The third-order valence-electron chi connectivity index (χ3n) is 1.08. The van der Waals surface area contributed by atoms with Crippen LogP contribution in [0.1, 0.15) is 5.56 Å². The van der Waals surface area contributed by atoms with Gasteiger partial charge in [-0.3, -0.25) is 0 Å². The van der Waals surface area contributed by atoms with E-state index in [2.05, 4.69) is 6.07 Å². The summed E-state index contributed by atoms with van der Waals surface area (Å²) in [5.41, 5.74) is 1.13. The van der Waals surface area contributed by atoms with E-state index in [4.69, 9.17) is 0 Å². The molecule has 0 aliphatic heterocycles. The van der Waals surface area contributed by atoms with Crippen LogP contribution in [0.2, 0.25) is 0 Å². The van der Waals surface area contributed by atoms with Gasteiger partial charge >= 0.3 is 70.8 Å². The molecule has 0 unspecified atom stereocenters. The molecular weight excluding hydrogens is 298 g/mol. The Morgan fingerprint density at radius 3 is 2.90 bits per heavy atom. The van der Waals surface area contributed by atoms with Crippen LogP contribution in [0.15, 0.2) is 30.3 Å². The van der Waals surface area contributed by atoms with E-state index in [0.717, 1.165) is 5.56 Å². The summed E-state index contributed by atoms with van der Waals surface area (Å²) >= 11 is 1.82. The van der Waals surface area contributed by atoms with Gasteiger partial charge in [0.05, 0.1) is 0 Å². The van der Waals surface area contributed by atoms with Crippen molar-refractivity contribution in [2.75, 3.05) is 0 Å². The van der Waals surface area contributed by atoms with Gasteiger partial charge in [-0.15, -0.1) is 0 Å². The van der Waals surface area contributed by atoms with Crippen LogP contribution in [-0.2, 0) is 18.1 Å². The molecule has 0 saturated heterocycles. The topological polar surface area (TPSA) is 0 Å².